The van der Waals surface area contributed by atoms with E-state index in [0.29, 0.717) is 13.2 Å². The molecule has 0 aromatic heterocycles. The highest BCUT2D eigenvalue weighted by molar-refractivity contribution is 7.80. The van der Waals surface area contributed by atoms with E-state index in [1.165, 1.54) is 0 Å². The molecule has 0 fully saturated rings. The molecule has 0 saturated heterocycles. The molecule has 0 amide bonds. The van der Waals surface area contributed by atoms with Crippen LogP contribution in [0.4, 0.5) is 0 Å². The zero-order valence-electron chi connectivity index (χ0n) is 8.38. The van der Waals surface area contributed by atoms with Gasteiger partial charge in [-0.15, -0.1) is 0 Å². The summed E-state index contributed by atoms with van der Waals surface area (Å²) < 4.78 is 10.9. The van der Waals surface area contributed by atoms with E-state index in [9.17, 15) is 0 Å². The second-order valence-electron chi connectivity index (χ2n) is 2.71. The Balaban J connectivity index is 3.76. The molecule has 0 aliphatic carbocycles. The molecule has 13 heavy (non-hydrogen) atoms. The molecule has 0 spiro atoms. The van der Waals surface area contributed by atoms with E-state index in [4.69, 9.17) is 19.9 Å². The summed E-state index contributed by atoms with van der Waals surface area (Å²) >= 11 is 10.4. The van der Waals surface area contributed by atoms with Crippen molar-refractivity contribution in [3.8, 4) is 0 Å². The maximum atomic E-state index is 6.24. The summed E-state index contributed by atoms with van der Waals surface area (Å²) in [5.41, 5.74) is 0. The first-order chi connectivity index (χ1) is 6.18. The first-order valence-electron chi connectivity index (χ1n) is 4.76. The fourth-order valence-corrected chi connectivity index (χ4v) is 4.25. The predicted molar refractivity (Wildman–Crippen MR) is 62.8 cm³/mol. The van der Waals surface area contributed by atoms with Crippen molar-refractivity contribution in [2.24, 2.45) is 0 Å². The zero-order chi connectivity index (χ0) is 10.2. The van der Waals surface area contributed by atoms with Gasteiger partial charge in [0.15, 0.2) is 0 Å². The van der Waals surface area contributed by atoms with Gasteiger partial charge in [-0.25, -0.2) is 0 Å². The van der Waals surface area contributed by atoms with Crippen LogP contribution in [0.5, 0.6) is 0 Å². The van der Waals surface area contributed by atoms with Crippen molar-refractivity contribution in [1.29, 1.82) is 0 Å². The van der Waals surface area contributed by atoms with Gasteiger partial charge in [-0.2, -0.15) is 12.6 Å². The van der Waals surface area contributed by atoms with Crippen LogP contribution in [0, 0.1) is 0 Å². The van der Waals surface area contributed by atoms with E-state index >= 15 is 0 Å². The smallest absolute Gasteiger partial charge is 0.383 e. The number of hydrogen-bond donors (Lipinski definition) is 1. The highest BCUT2D eigenvalue weighted by Crippen LogP contribution is 2.21. The first-order valence-corrected chi connectivity index (χ1v) is 8.43. The normalized spacial score (nSPS) is 12.0. The molecule has 0 aromatic rings. The van der Waals surface area contributed by atoms with Crippen molar-refractivity contribution >= 4 is 31.6 Å². The fraction of sp³-hybridized carbons (Fsp3) is 1.00. The Morgan fingerprint density at radius 2 is 1.69 bits per heavy atom. The van der Waals surface area contributed by atoms with Gasteiger partial charge in [-0.1, -0.05) is 11.1 Å². The number of rotatable bonds is 8. The van der Waals surface area contributed by atoms with E-state index < -0.39 is 7.87 Å². The summed E-state index contributed by atoms with van der Waals surface area (Å²) in [6.45, 7) is 5.16. The van der Waals surface area contributed by atoms with Crippen molar-refractivity contribution in [3.63, 3.8) is 0 Å². The van der Waals surface area contributed by atoms with Crippen LogP contribution in [0.25, 0.3) is 0 Å². The van der Waals surface area contributed by atoms with Crippen molar-refractivity contribution in [2.75, 3.05) is 19.0 Å². The molecule has 0 N–H and O–H groups in total. The molecular formula is C8H19ClO2SSi. The van der Waals surface area contributed by atoms with Gasteiger partial charge in [0.2, 0.25) is 0 Å². The zero-order valence-corrected chi connectivity index (χ0v) is 11.0. The minimum atomic E-state index is -2.35. The van der Waals surface area contributed by atoms with Crippen molar-refractivity contribution in [3.05, 3.63) is 0 Å². The molecule has 0 aliphatic heterocycles. The van der Waals surface area contributed by atoms with E-state index in [0.717, 1.165) is 24.6 Å². The summed E-state index contributed by atoms with van der Waals surface area (Å²) in [6, 6.07) is 0.858. The molecule has 2 nitrogen and oxygen atoms in total. The molecule has 80 valence electrons. The van der Waals surface area contributed by atoms with Gasteiger partial charge in [-0.05, 0) is 32.4 Å². The summed E-state index contributed by atoms with van der Waals surface area (Å²) in [5, 5.41) is 0. The lowest BCUT2D eigenvalue weighted by atomic mass is 10.4. The third kappa shape index (κ3) is 6.80. The molecule has 0 rings (SSSR count). The quantitative estimate of drug-likeness (QED) is 0.305. The molecule has 0 aromatic carbocycles. The molecule has 0 aliphatic rings. The van der Waals surface area contributed by atoms with Crippen LogP contribution in [0.3, 0.4) is 0 Å². The summed E-state index contributed by atoms with van der Waals surface area (Å²) in [7, 11) is -2.35. The van der Waals surface area contributed by atoms with Gasteiger partial charge >= 0.3 is 7.87 Å². The van der Waals surface area contributed by atoms with Crippen LogP contribution in [0.15, 0.2) is 0 Å². The van der Waals surface area contributed by atoms with Gasteiger partial charge in [0, 0.05) is 19.3 Å². The number of halogens is 1. The van der Waals surface area contributed by atoms with Crippen LogP contribution in [-0.4, -0.2) is 26.8 Å². The van der Waals surface area contributed by atoms with Crippen molar-refractivity contribution in [1.82, 2.24) is 0 Å². The minimum Gasteiger partial charge on any atom is -0.383 e. The molecule has 0 bridgehead atoms. The van der Waals surface area contributed by atoms with Gasteiger partial charge in [0.1, 0.15) is 0 Å². The largest absolute Gasteiger partial charge is 0.443 e. The summed E-state index contributed by atoms with van der Waals surface area (Å²) in [5.74, 6) is 0.902. The maximum Gasteiger partial charge on any atom is 0.443 e. The Morgan fingerprint density at radius 3 is 2.08 bits per heavy atom. The second-order valence-corrected chi connectivity index (χ2v) is 7.28. The Kier molecular flexibility index (Phi) is 8.60. The number of thiol groups is 1. The lowest BCUT2D eigenvalue weighted by molar-refractivity contribution is 0.202. The summed E-state index contributed by atoms with van der Waals surface area (Å²) in [4.78, 5) is 0. The SMILES string of the molecule is CCO[Si](Cl)(CCCCS)OCC. The number of hydrogen-bond acceptors (Lipinski definition) is 3. The minimum absolute atomic E-state index is 0.636. The Hall–Kier alpha value is 0.777. The lowest BCUT2D eigenvalue weighted by Gasteiger charge is -2.22. The molecule has 5 heteroatoms. The van der Waals surface area contributed by atoms with Gasteiger partial charge in [-0.3, -0.25) is 0 Å². The first kappa shape index (κ1) is 13.8. The van der Waals surface area contributed by atoms with Crippen LogP contribution in [0.2, 0.25) is 6.04 Å². The van der Waals surface area contributed by atoms with Gasteiger partial charge in [0.05, 0.1) is 0 Å². The molecule has 0 atom stereocenters. The average molecular weight is 243 g/mol. The lowest BCUT2D eigenvalue weighted by Crippen LogP contribution is -2.36. The third-order valence-electron chi connectivity index (χ3n) is 1.60. The third-order valence-corrected chi connectivity index (χ3v) is 5.53. The average Bonchev–Trinajstić information content (AvgIpc) is 2.05. The number of unbranched alkanes of at least 4 members (excludes halogenated alkanes) is 1. The topological polar surface area (TPSA) is 18.5 Å². The van der Waals surface area contributed by atoms with E-state index in [-0.39, 0.29) is 0 Å². The Bertz CT molecular complexity index is 121. The van der Waals surface area contributed by atoms with Gasteiger partial charge < -0.3 is 8.85 Å². The monoisotopic (exact) mass is 242 g/mol. The highest BCUT2D eigenvalue weighted by Gasteiger charge is 2.34. The van der Waals surface area contributed by atoms with Crippen molar-refractivity contribution in [2.45, 2.75) is 32.7 Å². The summed E-state index contributed by atoms with van der Waals surface area (Å²) in [6.07, 6.45) is 2.12. The van der Waals surface area contributed by atoms with Crippen LogP contribution in [0.1, 0.15) is 26.7 Å². The van der Waals surface area contributed by atoms with Crippen LogP contribution >= 0.6 is 23.7 Å². The molecule has 0 saturated carbocycles. The molecular weight excluding hydrogens is 224 g/mol. The highest BCUT2D eigenvalue weighted by atomic mass is 35.6. The van der Waals surface area contributed by atoms with Crippen LogP contribution < -0.4 is 0 Å². The van der Waals surface area contributed by atoms with E-state index in [1.54, 1.807) is 0 Å². The standard InChI is InChI=1S/C8H19ClO2SSi/c1-3-10-13(9,11-4-2)8-6-5-7-12/h12H,3-8H2,1-2H3. The second kappa shape index (κ2) is 8.12. The Labute approximate surface area is 92.3 Å². The van der Waals surface area contributed by atoms with Crippen LogP contribution in [-0.2, 0) is 8.85 Å². The predicted octanol–water partition coefficient (Wildman–Crippen LogP) is 2.95. The van der Waals surface area contributed by atoms with Crippen molar-refractivity contribution < 1.29 is 8.85 Å². The Morgan fingerprint density at radius 1 is 1.15 bits per heavy atom. The van der Waals surface area contributed by atoms with E-state index in [1.807, 2.05) is 13.8 Å². The fourth-order valence-electron chi connectivity index (χ4n) is 1.07. The maximum absolute atomic E-state index is 6.24. The van der Waals surface area contributed by atoms with E-state index in [2.05, 4.69) is 12.6 Å². The molecule has 0 heterocycles. The molecule has 0 unspecified atom stereocenters. The molecule has 0 radical (unpaired) electrons. The van der Waals surface area contributed by atoms with Gasteiger partial charge in [0.25, 0.3) is 0 Å².